The molecule has 0 fully saturated rings. The Morgan fingerprint density at radius 1 is 1.17 bits per heavy atom. The van der Waals surface area contributed by atoms with E-state index in [0.717, 1.165) is 4.57 Å². The number of carboxylic acid groups (broad SMARTS) is 1. The molecule has 0 amide bonds. The Labute approximate surface area is 142 Å². The topological polar surface area (TPSA) is 72.2 Å². The molecule has 3 rings (SSSR count). The summed E-state index contributed by atoms with van der Waals surface area (Å²) in [6.07, 6.45) is 1.42. The molecular weight excluding hydrogens is 328 g/mol. The van der Waals surface area contributed by atoms with Crippen LogP contribution in [0.15, 0.2) is 53.3 Å². The van der Waals surface area contributed by atoms with Gasteiger partial charge in [-0.1, -0.05) is 35.9 Å². The Hall–Kier alpha value is -2.92. The number of aryl methyl sites for hydroxylation is 1. The van der Waals surface area contributed by atoms with Crippen LogP contribution in [0.3, 0.4) is 0 Å². The third-order valence-corrected chi connectivity index (χ3v) is 3.83. The second-order valence-electron chi connectivity index (χ2n) is 5.20. The summed E-state index contributed by atoms with van der Waals surface area (Å²) in [4.78, 5) is 28.8. The van der Waals surface area contributed by atoms with Gasteiger partial charge in [-0.15, -0.1) is 0 Å². The molecule has 0 atom stereocenters. The van der Waals surface area contributed by atoms with Gasteiger partial charge in [0.15, 0.2) is 0 Å². The molecule has 1 heterocycles. The summed E-state index contributed by atoms with van der Waals surface area (Å²) >= 11 is 5.84. The molecule has 0 spiro atoms. The van der Waals surface area contributed by atoms with Crippen molar-refractivity contribution in [1.29, 1.82) is 0 Å². The van der Waals surface area contributed by atoms with Crippen molar-refractivity contribution in [1.82, 2.24) is 9.55 Å². The van der Waals surface area contributed by atoms with E-state index in [1.807, 2.05) is 0 Å². The van der Waals surface area contributed by atoms with E-state index in [0.29, 0.717) is 27.3 Å². The van der Waals surface area contributed by atoms with Crippen molar-refractivity contribution >= 4 is 40.2 Å². The summed E-state index contributed by atoms with van der Waals surface area (Å²) in [5.74, 6) is -0.909. The van der Waals surface area contributed by atoms with E-state index < -0.39 is 11.5 Å². The Bertz CT molecular complexity index is 1020. The van der Waals surface area contributed by atoms with Crippen molar-refractivity contribution in [2.45, 2.75) is 6.92 Å². The number of halogens is 1. The smallest absolute Gasteiger partial charge is 0.353 e. The fraction of sp³-hybridized carbons (Fsp3) is 0.0556. The Morgan fingerprint density at radius 3 is 2.50 bits per heavy atom. The van der Waals surface area contributed by atoms with Crippen molar-refractivity contribution in [3.8, 4) is 0 Å². The normalized spacial score (nSPS) is 11.7. The number of aliphatic carboxylic acids is 1. The van der Waals surface area contributed by atoms with Gasteiger partial charge in [0.2, 0.25) is 0 Å². The first-order valence-electron chi connectivity index (χ1n) is 7.16. The number of aromatic nitrogens is 2. The van der Waals surface area contributed by atoms with Crippen LogP contribution in [-0.4, -0.2) is 20.6 Å². The highest BCUT2D eigenvalue weighted by molar-refractivity contribution is 6.30. The lowest BCUT2D eigenvalue weighted by molar-refractivity contribution is -0.130. The van der Waals surface area contributed by atoms with Crippen molar-refractivity contribution in [2.75, 3.05) is 0 Å². The van der Waals surface area contributed by atoms with Crippen LogP contribution < -0.4 is 5.56 Å². The molecule has 0 saturated heterocycles. The zero-order valence-electron chi connectivity index (χ0n) is 12.7. The predicted molar refractivity (Wildman–Crippen MR) is 94.0 cm³/mol. The zero-order valence-corrected chi connectivity index (χ0v) is 13.5. The van der Waals surface area contributed by atoms with Gasteiger partial charge < -0.3 is 5.11 Å². The Kier molecular flexibility index (Phi) is 4.18. The average Bonchev–Trinajstić information content (AvgIpc) is 2.55. The van der Waals surface area contributed by atoms with E-state index in [9.17, 15) is 14.7 Å². The lowest BCUT2D eigenvalue weighted by atomic mass is 10.2. The van der Waals surface area contributed by atoms with Crippen molar-refractivity contribution < 1.29 is 9.90 Å². The van der Waals surface area contributed by atoms with E-state index in [-0.39, 0.29) is 5.70 Å². The number of carbonyl (C=O) groups is 1. The van der Waals surface area contributed by atoms with Gasteiger partial charge in [0.05, 0.1) is 10.9 Å². The summed E-state index contributed by atoms with van der Waals surface area (Å²) in [5, 5.41) is 10.5. The summed E-state index contributed by atoms with van der Waals surface area (Å²) in [5.41, 5.74) is 0.572. The molecule has 3 aromatic rings. The first kappa shape index (κ1) is 16.0. The minimum Gasteiger partial charge on any atom is -0.477 e. The quantitative estimate of drug-likeness (QED) is 0.741. The summed E-state index contributed by atoms with van der Waals surface area (Å²) < 4.78 is 1.11. The summed E-state index contributed by atoms with van der Waals surface area (Å²) in [7, 11) is 0. The van der Waals surface area contributed by atoms with E-state index in [4.69, 9.17) is 11.6 Å². The third-order valence-electron chi connectivity index (χ3n) is 3.58. The summed E-state index contributed by atoms with van der Waals surface area (Å²) in [6.45, 7) is 1.60. The van der Waals surface area contributed by atoms with Gasteiger partial charge in [-0.05, 0) is 42.8 Å². The van der Waals surface area contributed by atoms with E-state index >= 15 is 0 Å². The van der Waals surface area contributed by atoms with Crippen LogP contribution in [0.5, 0.6) is 0 Å². The minimum absolute atomic E-state index is 0.168. The molecule has 1 N–H and O–H groups in total. The molecule has 0 aliphatic carbocycles. The van der Waals surface area contributed by atoms with Gasteiger partial charge in [0.25, 0.3) is 5.56 Å². The predicted octanol–water partition coefficient (Wildman–Crippen LogP) is 3.44. The number of benzene rings is 2. The van der Waals surface area contributed by atoms with E-state index in [1.54, 1.807) is 55.5 Å². The average molecular weight is 341 g/mol. The fourth-order valence-electron chi connectivity index (χ4n) is 2.47. The number of nitrogens with zero attached hydrogens (tertiary/aromatic N) is 2. The molecule has 1 aromatic heterocycles. The molecule has 0 bridgehead atoms. The number of rotatable bonds is 3. The van der Waals surface area contributed by atoms with Crippen LogP contribution in [0, 0.1) is 6.92 Å². The van der Waals surface area contributed by atoms with Crippen LogP contribution in [0.4, 0.5) is 0 Å². The van der Waals surface area contributed by atoms with Crippen LogP contribution in [-0.2, 0) is 4.79 Å². The number of para-hydroxylation sites is 1. The lowest BCUT2D eigenvalue weighted by Gasteiger charge is -2.11. The maximum atomic E-state index is 12.7. The second kappa shape index (κ2) is 6.29. The summed E-state index contributed by atoms with van der Waals surface area (Å²) in [6, 6.07) is 13.5. The van der Waals surface area contributed by atoms with Gasteiger partial charge >= 0.3 is 5.97 Å². The largest absolute Gasteiger partial charge is 0.477 e. The van der Waals surface area contributed by atoms with Gasteiger partial charge in [-0.25, -0.2) is 9.78 Å². The molecule has 6 heteroatoms. The highest BCUT2D eigenvalue weighted by atomic mass is 35.5. The Morgan fingerprint density at radius 2 is 1.83 bits per heavy atom. The molecule has 5 nitrogen and oxygen atoms in total. The lowest BCUT2D eigenvalue weighted by Crippen LogP contribution is -2.26. The van der Waals surface area contributed by atoms with Crippen LogP contribution in [0.25, 0.3) is 22.7 Å². The standard InChI is InChI=1S/C18H13ClN2O3/c1-11-20-15-5-3-2-4-14(15)17(22)21(11)16(18(23)24)10-12-6-8-13(19)9-7-12/h2-10H,1H3,(H,23,24)/b16-10+. The molecule has 0 aliphatic rings. The van der Waals surface area contributed by atoms with Crippen molar-refractivity contribution in [2.24, 2.45) is 0 Å². The van der Waals surface area contributed by atoms with Crippen LogP contribution in [0.2, 0.25) is 5.02 Å². The highest BCUT2D eigenvalue weighted by Crippen LogP contribution is 2.17. The van der Waals surface area contributed by atoms with Gasteiger partial charge in [0.1, 0.15) is 11.5 Å². The monoisotopic (exact) mass is 340 g/mol. The number of fused-ring (bicyclic) bond motifs is 1. The van der Waals surface area contributed by atoms with Crippen molar-refractivity contribution in [3.05, 3.63) is 75.3 Å². The molecule has 0 saturated carbocycles. The molecule has 2 aromatic carbocycles. The van der Waals surface area contributed by atoms with Gasteiger partial charge in [-0.3, -0.25) is 9.36 Å². The second-order valence-corrected chi connectivity index (χ2v) is 5.64. The fourth-order valence-corrected chi connectivity index (χ4v) is 2.59. The highest BCUT2D eigenvalue weighted by Gasteiger charge is 2.17. The minimum atomic E-state index is -1.22. The van der Waals surface area contributed by atoms with Crippen molar-refractivity contribution in [3.63, 3.8) is 0 Å². The maximum Gasteiger partial charge on any atom is 0.353 e. The van der Waals surface area contributed by atoms with Gasteiger partial charge in [-0.2, -0.15) is 0 Å². The molecule has 0 radical (unpaired) electrons. The molecule has 0 aliphatic heterocycles. The number of hydrogen-bond acceptors (Lipinski definition) is 3. The molecule has 120 valence electrons. The SMILES string of the molecule is Cc1nc2ccccc2c(=O)n1/C(=C/c1ccc(Cl)cc1)C(=O)O. The molecular formula is C18H13ClN2O3. The number of hydrogen-bond donors (Lipinski definition) is 1. The van der Waals surface area contributed by atoms with E-state index in [1.165, 1.54) is 6.08 Å². The van der Waals surface area contributed by atoms with Crippen LogP contribution in [0.1, 0.15) is 11.4 Å². The number of carboxylic acids is 1. The van der Waals surface area contributed by atoms with Gasteiger partial charge in [0, 0.05) is 5.02 Å². The molecule has 0 unspecified atom stereocenters. The van der Waals surface area contributed by atoms with E-state index in [2.05, 4.69) is 4.98 Å². The first-order chi connectivity index (χ1) is 11.5. The molecule has 24 heavy (non-hydrogen) atoms. The maximum absolute atomic E-state index is 12.7. The Balaban J connectivity index is 2.27. The third kappa shape index (κ3) is 2.94. The van der Waals surface area contributed by atoms with Crippen LogP contribution >= 0.6 is 11.6 Å². The zero-order chi connectivity index (χ0) is 17.3. The first-order valence-corrected chi connectivity index (χ1v) is 7.54.